The molecule has 0 aromatic carbocycles. The molecule has 1 unspecified atom stereocenters. The van der Waals surface area contributed by atoms with Gasteiger partial charge in [-0.05, 0) is 13.8 Å². The van der Waals surface area contributed by atoms with Crippen molar-refractivity contribution in [3.8, 4) is 0 Å². The number of nitrogens with one attached hydrogen (secondary N) is 2. The van der Waals surface area contributed by atoms with E-state index in [1.807, 2.05) is 31.5 Å². The van der Waals surface area contributed by atoms with Crippen molar-refractivity contribution >= 4 is 11.6 Å². The molecule has 7 nitrogen and oxygen atoms in total. The second-order valence-corrected chi connectivity index (χ2v) is 3.98. The summed E-state index contributed by atoms with van der Waals surface area (Å²) in [6.45, 7) is 4.87. The molecule has 0 saturated heterocycles. The van der Waals surface area contributed by atoms with Crippen LogP contribution in [-0.4, -0.2) is 31.3 Å². The molecule has 0 bridgehead atoms. The Bertz CT molecular complexity index is 508. The van der Waals surface area contributed by atoms with Crippen LogP contribution < -0.4 is 10.6 Å². The Balaban J connectivity index is 2.09. The van der Waals surface area contributed by atoms with Gasteiger partial charge in [0.2, 0.25) is 0 Å². The number of aryl methyl sites for hydroxylation is 1. The van der Waals surface area contributed by atoms with Crippen LogP contribution >= 0.6 is 0 Å². The fourth-order valence-corrected chi connectivity index (χ4v) is 1.68. The van der Waals surface area contributed by atoms with E-state index in [2.05, 4.69) is 30.8 Å². The van der Waals surface area contributed by atoms with E-state index < -0.39 is 0 Å². The van der Waals surface area contributed by atoms with Crippen molar-refractivity contribution in [3.05, 3.63) is 24.5 Å². The molecule has 2 N–H and O–H groups in total. The summed E-state index contributed by atoms with van der Waals surface area (Å²) in [6.07, 6.45) is 3.21. The lowest BCUT2D eigenvalue weighted by Crippen LogP contribution is -2.13. The van der Waals surface area contributed by atoms with Crippen molar-refractivity contribution in [1.29, 1.82) is 0 Å². The van der Waals surface area contributed by atoms with Gasteiger partial charge in [-0.1, -0.05) is 0 Å². The summed E-state index contributed by atoms with van der Waals surface area (Å²) < 4.78 is 1.88. The van der Waals surface area contributed by atoms with Crippen LogP contribution in [0.5, 0.6) is 0 Å². The van der Waals surface area contributed by atoms with E-state index in [1.165, 1.54) is 6.33 Å². The Morgan fingerprint density at radius 1 is 1.33 bits per heavy atom. The number of aromatic nitrogens is 5. The minimum absolute atomic E-state index is 0.0295. The van der Waals surface area contributed by atoms with Crippen LogP contribution in [0.2, 0.25) is 0 Å². The first-order valence-corrected chi connectivity index (χ1v) is 5.87. The Kier molecular flexibility index (Phi) is 3.71. The molecule has 0 aliphatic rings. The van der Waals surface area contributed by atoms with Crippen molar-refractivity contribution < 1.29 is 0 Å². The summed E-state index contributed by atoms with van der Waals surface area (Å²) in [5.41, 5.74) is 0. The SMILES string of the molecule is CCNc1cc(NC(C)c2nncn2C)ncn1. The van der Waals surface area contributed by atoms with Gasteiger partial charge < -0.3 is 15.2 Å². The average Bonchev–Trinajstić information content (AvgIpc) is 2.76. The van der Waals surface area contributed by atoms with Gasteiger partial charge in [-0.25, -0.2) is 9.97 Å². The number of nitrogens with zero attached hydrogens (tertiary/aromatic N) is 5. The molecular formula is C11H17N7. The third kappa shape index (κ3) is 2.73. The molecule has 0 spiro atoms. The van der Waals surface area contributed by atoms with E-state index in [1.54, 1.807) is 6.33 Å². The minimum Gasteiger partial charge on any atom is -0.370 e. The monoisotopic (exact) mass is 247 g/mol. The van der Waals surface area contributed by atoms with Gasteiger partial charge >= 0.3 is 0 Å². The first-order chi connectivity index (χ1) is 8.70. The molecule has 96 valence electrons. The van der Waals surface area contributed by atoms with E-state index in [0.717, 1.165) is 24.0 Å². The van der Waals surface area contributed by atoms with Gasteiger partial charge in [0.15, 0.2) is 5.82 Å². The van der Waals surface area contributed by atoms with Gasteiger partial charge in [-0.2, -0.15) is 0 Å². The highest BCUT2D eigenvalue weighted by atomic mass is 15.3. The first-order valence-electron chi connectivity index (χ1n) is 5.87. The van der Waals surface area contributed by atoms with Gasteiger partial charge in [0.25, 0.3) is 0 Å². The summed E-state index contributed by atoms with van der Waals surface area (Å²) >= 11 is 0. The topological polar surface area (TPSA) is 80.5 Å². The van der Waals surface area contributed by atoms with Crippen molar-refractivity contribution in [2.45, 2.75) is 19.9 Å². The molecule has 7 heteroatoms. The van der Waals surface area contributed by atoms with Crippen molar-refractivity contribution in [2.24, 2.45) is 7.05 Å². The van der Waals surface area contributed by atoms with Crippen LogP contribution in [0.1, 0.15) is 25.7 Å². The summed E-state index contributed by atoms with van der Waals surface area (Å²) in [7, 11) is 1.91. The lowest BCUT2D eigenvalue weighted by atomic mass is 10.3. The predicted molar refractivity (Wildman–Crippen MR) is 69.2 cm³/mol. The van der Waals surface area contributed by atoms with Gasteiger partial charge in [0.05, 0.1) is 6.04 Å². The fraction of sp³-hybridized carbons (Fsp3) is 0.455. The number of anilines is 2. The van der Waals surface area contributed by atoms with Crippen molar-refractivity contribution in [1.82, 2.24) is 24.7 Å². The lowest BCUT2D eigenvalue weighted by Gasteiger charge is -2.13. The summed E-state index contributed by atoms with van der Waals surface area (Å²) in [4.78, 5) is 8.30. The second kappa shape index (κ2) is 5.44. The molecule has 0 radical (unpaired) electrons. The quantitative estimate of drug-likeness (QED) is 0.826. The lowest BCUT2D eigenvalue weighted by molar-refractivity contribution is 0.716. The van der Waals surface area contributed by atoms with E-state index >= 15 is 0 Å². The predicted octanol–water partition coefficient (Wildman–Crippen LogP) is 1.21. The maximum absolute atomic E-state index is 4.18. The standard InChI is InChI=1S/C11H17N7/c1-4-12-9-5-10(14-6-13-9)16-8(2)11-17-15-7-18(11)3/h5-8H,4H2,1-3H3,(H2,12,13,14,16). The van der Waals surface area contributed by atoms with E-state index in [-0.39, 0.29) is 6.04 Å². The van der Waals surface area contributed by atoms with Crippen LogP contribution in [0.4, 0.5) is 11.6 Å². The normalized spacial score (nSPS) is 12.2. The molecule has 2 rings (SSSR count). The molecule has 2 aromatic heterocycles. The van der Waals surface area contributed by atoms with Gasteiger partial charge in [-0.3, -0.25) is 0 Å². The first kappa shape index (κ1) is 12.3. The maximum atomic E-state index is 4.18. The van der Waals surface area contributed by atoms with Gasteiger partial charge in [0, 0.05) is 19.7 Å². The van der Waals surface area contributed by atoms with Crippen LogP contribution in [0.25, 0.3) is 0 Å². The zero-order valence-electron chi connectivity index (χ0n) is 10.8. The third-order valence-electron chi connectivity index (χ3n) is 2.52. The fourth-order valence-electron chi connectivity index (χ4n) is 1.68. The number of rotatable bonds is 5. The highest BCUT2D eigenvalue weighted by molar-refractivity contribution is 5.47. The van der Waals surface area contributed by atoms with Crippen molar-refractivity contribution in [3.63, 3.8) is 0 Å². The molecule has 2 heterocycles. The molecule has 0 amide bonds. The second-order valence-electron chi connectivity index (χ2n) is 3.98. The highest BCUT2D eigenvalue weighted by Crippen LogP contribution is 2.16. The maximum Gasteiger partial charge on any atom is 0.154 e. The van der Waals surface area contributed by atoms with E-state index in [4.69, 9.17) is 0 Å². The molecule has 0 aliphatic carbocycles. The Morgan fingerprint density at radius 3 is 2.78 bits per heavy atom. The number of hydrogen-bond donors (Lipinski definition) is 2. The summed E-state index contributed by atoms with van der Waals surface area (Å²) in [5.74, 6) is 2.43. The molecule has 18 heavy (non-hydrogen) atoms. The third-order valence-corrected chi connectivity index (χ3v) is 2.52. The number of hydrogen-bond acceptors (Lipinski definition) is 6. The van der Waals surface area contributed by atoms with E-state index in [0.29, 0.717) is 0 Å². The Labute approximate surface area is 106 Å². The van der Waals surface area contributed by atoms with Crippen LogP contribution in [0.15, 0.2) is 18.7 Å². The van der Waals surface area contributed by atoms with Crippen molar-refractivity contribution in [2.75, 3.05) is 17.2 Å². The minimum atomic E-state index is 0.0295. The Morgan fingerprint density at radius 2 is 2.11 bits per heavy atom. The van der Waals surface area contributed by atoms with Gasteiger partial charge in [0.1, 0.15) is 24.3 Å². The largest absolute Gasteiger partial charge is 0.370 e. The highest BCUT2D eigenvalue weighted by Gasteiger charge is 2.11. The van der Waals surface area contributed by atoms with Crippen LogP contribution in [-0.2, 0) is 7.05 Å². The van der Waals surface area contributed by atoms with Crippen LogP contribution in [0, 0.1) is 0 Å². The average molecular weight is 247 g/mol. The summed E-state index contributed by atoms with van der Waals surface area (Å²) in [6, 6.07) is 1.90. The van der Waals surface area contributed by atoms with E-state index in [9.17, 15) is 0 Å². The zero-order chi connectivity index (χ0) is 13.0. The Hall–Kier alpha value is -2.18. The molecule has 2 aromatic rings. The molecule has 1 atom stereocenters. The molecular weight excluding hydrogens is 230 g/mol. The molecule has 0 aliphatic heterocycles. The van der Waals surface area contributed by atoms with Gasteiger partial charge in [-0.15, -0.1) is 10.2 Å². The molecule has 0 fully saturated rings. The summed E-state index contributed by atoms with van der Waals surface area (Å²) in [5, 5.41) is 14.3. The zero-order valence-corrected chi connectivity index (χ0v) is 10.8. The smallest absolute Gasteiger partial charge is 0.154 e. The molecule has 0 saturated carbocycles. The van der Waals surface area contributed by atoms with Crippen LogP contribution in [0.3, 0.4) is 0 Å².